The molecule has 0 aromatic heterocycles. The molecule has 0 atom stereocenters. The molecule has 110 valence electrons. The van der Waals surface area contributed by atoms with Crippen molar-refractivity contribution < 1.29 is 8.42 Å². The molecule has 1 aromatic rings. The molecule has 5 nitrogen and oxygen atoms in total. The molecule has 0 spiro atoms. The van der Waals surface area contributed by atoms with Crippen LogP contribution in [0.3, 0.4) is 0 Å². The summed E-state index contributed by atoms with van der Waals surface area (Å²) in [6.45, 7) is 1.52. The molecule has 0 radical (unpaired) electrons. The lowest BCUT2D eigenvalue weighted by molar-refractivity contribution is 0.220. The second-order valence-electron chi connectivity index (χ2n) is 5.17. The van der Waals surface area contributed by atoms with Gasteiger partial charge in [0.1, 0.15) is 0 Å². The number of likely N-dealkylation sites (tertiary alicyclic amines) is 1. The maximum atomic E-state index is 12.5. The number of hydrogen-bond donors (Lipinski definition) is 2. The summed E-state index contributed by atoms with van der Waals surface area (Å²) >= 11 is 5.12. The van der Waals surface area contributed by atoms with Crippen LogP contribution in [0.2, 0.25) is 0 Å². The van der Waals surface area contributed by atoms with Crippen molar-refractivity contribution in [3.63, 3.8) is 0 Å². The predicted octanol–water partition coefficient (Wildman–Crippen LogP) is 0.715. The van der Waals surface area contributed by atoms with Gasteiger partial charge in [-0.25, -0.2) is 8.42 Å². The summed E-state index contributed by atoms with van der Waals surface area (Å²) in [6.07, 6.45) is 1.18. The topological polar surface area (TPSA) is 75.4 Å². The smallest absolute Gasteiger partial charge is 0.241 e. The van der Waals surface area contributed by atoms with E-state index in [1.807, 2.05) is 7.05 Å². The zero-order valence-corrected chi connectivity index (χ0v) is 13.0. The van der Waals surface area contributed by atoms with Gasteiger partial charge in [0.25, 0.3) is 0 Å². The Balaban J connectivity index is 2.27. The Hall–Kier alpha value is -1.02. The van der Waals surface area contributed by atoms with Gasteiger partial charge >= 0.3 is 0 Å². The highest BCUT2D eigenvalue weighted by molar-refractivity contribution is 7.89. The lowest BCUT2D eigenvalue weighted by atomic mass is 9.89. The molecule has 0 bridgehead atoms. The van der Waals surface area contributed by atoms with E-state index in [4.69, 9.17) is 18.0 Å². The number of thiocarbonyl (C=S) groups is 1. The van der Waals surface area contributed by atoms with Crippen molar-refractivity contribution in [3.8, 4) is 0 Å². The van der Waals surface area contributed by atoms with Gasteiger partial charge in [-0.15, -0.1) is 0 Å². The Bertz CT molecular complexity index is 579. The molecule has 1 saturated heterocycles. The molecule has 0 unspecified atom stereocenters. The third kappa shape index (κ3) is 3.17. The number of rotatable bonds is 4. The highest BCUT2D eigenvalue weighted by Gasteiger charge is 2.40. The van der Waals surface area contributed by atoms with Gasteiger partial charge in [0.15, 0.2) is 0 Å². The van der Waals surface area contributed by atoms with Crippen LogP contribution in [0.15, 0.2) is 35.2 Å². The zero-order valence-electron chi connectivity index (χ0n) is 11.4. The molecule has 1 aliphatic heterocycles. The third-order valence-electron chi connectivity index (χ3n) is 3.70. The van der Waals surface area contributed by atoms with Crippen LogP contribution in [0.4, 0.5) is 0 Å². The Labute approximate surface area is 125 Å². The lowest BCUT2D eigenvalue weighted by Gasteiger charge is -2.40. The van der Waals surface area contributed by atoms with Crippen molar-refractivity contribution in [2.75, 3.05) is 20.1 Å². The summed E-state index contributed by atoms with van der Waals surface area (Å²) in [5, 5.41) is 0. The van der Waals surface area contributed by atoms with Gasteiger partial charge in [0.05, 0.1) is 15.4 Å². The maximum absolute atomic E-state index is 12.5. The molecule has 2 rings (SSSR count). The summed E-state index contributed by atoms with van der Waals surface area (Å²) in [4.78, 5) is 2.58. The van der Waals surface area contributed by atoms with Gasteiger partial charge in [-0.3, -0.25) is 0 Å². The lowest BCUT2D eigenvalue weighted by Crippen LogP contribution is -2.61. The van der Waals surface area contributed by atoms with E-state index in [1.54, 1.807) is 30.3 Å². The fourth-order valence-electron chi connectivity index (χ4n) is 2.31. The van der Waals surface area contributed by atoms with Crippen LogP contribution < -0.4 is 10.5 Å². The molecule has 0 aliphatic carbocycles. The summed E-state index contributed by atoms with van der Waals surface area (Å²) in [5.74, 6) is 0. The number of nitrogens with zero attached hydrogens (tertiary/aromatic N) is 1. The Morgan fingerprint density at radius 1 is 1.30 bits per heavy atom. The number of piperidine rings is 1. The summed E-state index contributed by atoms with van der Waals surface area (Å²) in [5.41, 5.74) is 5.00. The molecule has 0 saturated carbocycles. The zero-order chi connectivity index (χ0) is 14.8. The molecule has 1 fully saturated rings. The van der Waals surface area contributed by atoms with Gasteiger partial charge in [0, 0.05) is 13.1 Å². The van der Waals surface area contributed by atoms with Crippen molar-refractivity contribution >= 4 is 27.2 Å². The summed E-state index contributed by atoms with van der Waals surface area (Å²) < 4.78 is 27.6. The van der Waals surface area contributed by atoms with Gasteiger partial charge in [-0.1, -0.05) is 30.4 Å². The first kappa shape index (κ1) is 15.4. The molecular formula is C13H19N3O2S2. The standard InChI is InChI=1S/C13H19N3O2S2/c1-16-9-7-13(8-10-16,12(14)19)15-20(17,18)11-5-3-2-4-6-11/h2-6,15H,7-10H2,1H3,(H2,14,19). The predicted molar refractivity (Wildman–Crippen MR) is 83.0 cm³/mol. The van der Waals surface area contributed by atoms with Crippen LogP contribution in [0.25, 0.3) is 0 Å². The minimum absolute atomic E-state index is 0.213. The second kappa shape index (κ2) is 5.77. The number of nitrogens with one attached hydrogen (secondary N) is 1. The number of sulfonamides is 1. The Kier molecular flexibility index (Phi) is 4.43. The van der Waals surface area contributed by atoms with Gasteiger partial charge in [-0.05, 0) is 32.0 Å². The fraction of sp³-hybridized carbons (Fsp3) is 0.462. The molecule has 20 heavy (non-hydrogen) atoms. The fourth-order valence-corrected chi connectivity index (χ4v) is 4.10. The van der Waals surface area contributed by atoms with E-state index in [0.29, 0.717) is 12.8 Å². The minimum atomic E-state index is -3.62. The molecule has 0 amide bonds. The van der Waals surface area contributed by atoms with E-state index in [9.17, 15) is 8.42 Å². The SMILES string of the molecule is CN1CCC(NS(=O)(=O)c2ccccc2)(C(N)=S)CC1. The first-order valence-corrected chi connectivity index (χ1v) is 8.32. The van der Waals surface area contributed by atoms with Crippen molar-refractivity contribution in [1.82, 2.24) is 9.62 Å². The number of benzene rings is 1. The first-order chi connectivity index (χ1) is 9.36. The van der Waals surface area contributed by atoms with E-state index in [1.165, 1.54) is 0 Å². The van der Waals surface area contributed by atoms with E-state index in [0.717, 1.165) is 13.1 Å². The normalized spacial score (nSPS) is 19.6. The third-order valence-corrected chi connectivity index (χ3v) is 5.64. The summed E-state index contributed by atoms with van der Waals surface area (Å²) in [6, 6.07) is 8.28. The number of nitrogens with two attached hydrogens (primary N) is 1. The number of hydrogen-bond acceptors (Lipinski definition) is 4. The van der Waals surface area contributed by atoms with Crippen molar-refractivity contribution in [1.29, 1.82) is 0 Å². The van der Waals surface area contributed by atoms with Crippen LogP contribution in [0.1, 0.15) is 12.8 Å². The van der Waals surface area contributed by atoms with Crippen molar-refractivity contribution in [2.24, 2.45) is 5.73 Å². The largest absolute Gasteiger partial charge is 0.392 e. The maximum Gasteiger partial charge on any atom is 0.241 e. The van der Waals surface area contributed by atoms with E-state index in [2.05, 4.69) is 9.62 Å². The van der Waals surface area contributed by atoms with Gasteiger partial charge in [0.2, 0.25) is 10.0 Å². The average Bonchev–Trinajstić information content (AvgIpc) is 2.42. The van der Waals surface area contributed by atoms with Crippen molar-refractivity contribution in [3.05, 3.63) is 30.3 Å². The van der Waals surface area contributed by atoms with Gasteiger partial charge < -0.3 is 10.6 Å². The summed E-state index contributed by atoms with van der Waals surface area (Å²) in [7, 11) is -1.62. The van der Waals surface area contributed by atoms with E-state index >= 15 is 0 Å². The Morgan fingerprint density at radius 3 is 2.35 bits per heavy atom. The van der Waals surface area contributed by atoms with Gasteiger partial charge in [-0.2, -0.15) is 4.72 Å². The molecule has 1 aliphatic rings. The van der Waals surface area contributed by atoms with Crippen LogP contribution >= 0.6 is 12.2 Å². The highest BCUT2D eigenvalue weighted by Crippen LogP contribution is 2.25. The monoisotopic (exact) mass is 313 g/mol. The Morgan fingerprint density at radius 2 is 1.85 bits per heavy atom. The molecular weight excluding hydrogens is 294 g/mol. The van der Waals surface area contributed by atoms with E-state index in [-0.39, 0.29) is 9.88 Å². The van der Waals surface area contributed by atoms with Crippen LogP contribution in [0.5, 0.6) is 0 Å². The van der Waals surface area contributed by atoms with Crippen LogP contribution in [-0.2, 0) is 10.0 Å². The van der Waals surface area contributed by atoms with Crippen LogP contribution in [0, 0.1) is 0 Å². The molecule has 7 heteroatoms. The van der Waals surface area contributed by atoms with Crippen molar-refractivity contribution in [2.45, 2.75) is 23.3 Å². The first-order valence-electron chi connectivity index (χ1n) is 6.43. The second-order valence-corrected chi connectivity index (χ2v) is 7.29. The average molecular weight is 313 g/mol. The minimum Gasteiger partial charge on any atom is -0.392 e. The quantitative estimate of drug-likeness (QED) is 0.801. The molecule has 1 aromatic carbocycles. The van der Waals surface area contributed by atoms with Crippen LogP contribution in [-0.4, -0.2) is 44.0 Å². The molecule has 1 heterocycles. The highest BCUT2D eigenvalue weighted by atomic mass is 32.2. The van der Waals surface area contributed by atoms with E-state index < -0.39 is 15.6 Å². The molecule has 3 N–H and O–H groups in total.